The van der Waals surface area contributed by atoms with E-state index in [1.54, 1.807) is 0 Å². The van der Waals surface area contributed by atoms with Crippen molar-refractivity contribution in [1.82, 2.24) is 9.13 Å². The smallest absolute Gasteiger partial charge is 0.307 e. The molecular weight excluding hydrogens is 488 g/mol. The molecule has 2 nitrogen and oxygen atoms in total. The topological polar surface area (TPSA) is 6.48 Å². The minimum absolute atomic E-state index is 0. The number of allylic oxidation sites excluding steroid dienone is 8. The van der Waals surface area contributed by atoms with E-state index in [2.05, 4.69) is 117 Å². The SMILES string of the molecule is C=CCN(CC=C)[SiH]N(CC=C)CC=C.CC1=[C-]C(C)(C)C(C)=C1C.CC1=[C-]C(C)(C)C(C)=C1C.[Ti+2]. The van der Waals surface area contributed by atoms with Gasteiger partial charge in [0.05, 0.1) is 0 Å². The Hall–Kier alpha value is -1.23. The quantitative estimate of drug-likeness (QED) is 0.159. The zero-order valence-electron chi connectivity index (χ0n) is 24.9. The Balaban J connectivity index is 0. The Bertz CT molecular complexity index is 792. The second-order valence-corrected chi connectivity index (χ2v) is 12.1. The minimum Gasteiger partial charge on any atom is -0.307 e. The summed E-state index contributed by atoms with van der Waals surface area (Å²) < 4.78 is 4.68. The molecule has 0 amide bonds. The maximum atomic E-state index is 3.76. The second-order valence-electron chi connectivity index (χ2n) is 10.4. The first-order valence-electron chi connectivity index (χ1n) is 12.5. The maximum Gasteiger partial charge on any atom is 2.00 e. The number of rotatable bonds is 10. The van der Waals surface area contributed by atoms with E-state index in [0.29, 0.717) is 0 Å². The fraction of sp³-hybridized carbons (Fsp3) is 0.500. The molecule has 0 unspecified atom stereocenters. The van der Waals surface area contributed by atoms with Crippen LogP contribution >= 0.6 is 0 Å². The molecular formula is C32H51N2SiTi. The molecule has 0 aromatic rings. The molecule has 36 heavy (non-hydrogen) atoms. The number of hydrogen-bond acceptors (Lipinski definition) is 2. The van der Waals surface area contributed by atoms with Crippen LogP contribution in [0.5, 0.6) is 0 Å². The van der Waals surface area contributed by atoms with Crippen molar-refractivity contribution < 1.29 is 21.7 Å². The Morgan fingerprint density at radius 3 is 0.972 bits per heavy atom. The van der Waals surface area contributed by atoms with E-state index in [1.807, 2.05) is 24.3 Å². The van der Waals surface area contributed by atoms with Gasteiger partial charge < -0.3 is 9.13 Å². The summed E-state index contributed by atoms with van der Waals surface area (Å²) in [5.74, 6) is 0. The Kier molecular flexibility index (Phi) is 17.8. The van der Waals surface area contributed by atoms with E-state index in [9.17, 15) is 0 Å². The van der Waals surface area contributed by atoms with E-state index in [-0.39, 0.29) is 42.4 Å². The molecule has 0 saturated heterocycles. The van der Waals surface area contributed by atoms with Crippen molar-refractivity contribution in [2.45, 2.75) is 69.2 Å². The van der Waals surface area contributed by atoms with Gasteiger partial charge in [-0.15, -0.1) is 40.2 Å². The van der Waals surface area contributed by atoms with Gasteiger partial charge in [0.15, 0.2) is 0 Å². The second kappa shape index (κ2) is 17.3. The van der Waals surface area contributed by atoms with Crippen molar-refractivity contribution in [3.05, 3.63) is 96.2 Å². The van der Waals surface area contributed by atoms with Gasteiger partial charge in [0.2, 0.25) is 9.84 Å². The Morgan fingerprint density at radius 2 is 0.861 bits per heavy atom. The first kappa shape index (κ1) is 36.9. The molecule has 0 aromatic heterocycles. The van der Waals surface area contributed by atoms with Crippen molar-refractivity contribution in [1.29, 1.82) is 0 Å². The molecule has 0 aliphatic heterocycles. The van der Waals surface area contributed by atoms with Gasteiger partial charge in [-0.1, -0.05) is 90.5 Å². The summed E-state index contributed by atoms with van der Waals surface area (Å²) in [6.45, 7) is 40.5. The largest absolute Gasteiger partial charge is 2.00 e. The van der Waals surface area contributed by atoms with Crippen LogP contribution in [0.3, 0.4) is 0 Å². The molecule has 0 atom stereocenters. The molecule has 1 radical (unpaired) electrons. The van der Waals surface area contributed by atoms with Gasteiger partial charge >= 0.3 is 21.7 Å². The monoisotopic (exact) mass is 539 g/mol. The van der Waals surface area contributed by atoms with Crippen LogP contribution in [0, 0.1) is 23.0 Å². The molecule has 0 saturated carbocycles. The molecule has 0 bridgehead atoms. The van der Waals surface area contributed by atoms with Crippen molar-refractivity contribution in [3.63, 3.8) is 0 Å². The van der Waals surface area contributed by atoms with Crippen LogP contribution in [0.1, 0.15) is 69.2 Å². The molecule has 0 N–H and O–H groups in total. The third kappa shape index (κ3) is 11.9. The standard InChI is InChI=1S/C12H21N2Si.2C10H15.Ti/c1-5-9-13(10-6-2)15-14(11-7-3)12-8-4;2*1-7-6-10(4,5)9(3)8(7)2;/h5-8,15H,1-4,9-12H2;2*1-5H3;/q;2*-1;+2. The van der Waals surface area contributed by atoms with Crippen LogP contribution in [-0.4, -0.2) is 45.2 Å². The van der Waals surface area contributed by atoms with Crippen molar-refractivity contribution in [2.24, 2.45) is 10.8 Å². The minimum atomic E-state index is 0. The Morgan fingerprint density at radius 1 is 0.611 bits per heavy atom. The molecule has 4 heteroatoms. The molecule has 0 heterocycles. The molecule has 0 spiro atoms. The van der Waals surface area contributed by atoms with Crippen LogP contribution in [0.25, 0.3) is 0 Å². The number of hydrogen-bond donors (Lipinski definition) is 0. The van der Waals surface area contributed by atoms with Crippen molar-refractivity contribution in [2.75, 3.05) is 26.2 Å². The number of nitrogens with zero attached hydrogens (tertiary/aromatic N) is 2. The van der Waals surface area contributed by atoms with Crippen molar-refractivity contribution >= 4 is 9.84 Å². The predicted octanol–water partition coefficient (Wildman–Crippen LogP) is 7.82. The average molecular weight is 540 g/mol. The molecule has 2 aliphatic rings. The van der Waals surface area contributed by atoms with E-state index in [4.69, 9.17) is 0 Å². The van der Waals surface area contributed by atoms with Gasteiger partial charge in [0.25, 0.3) is 0 Å². The summed E-state index contributed by atoms with van der Waals surface area (Å²) in [5, 5.41) is 0. The first-order valence-corrected chi connectivity index (χ1v) is 13.6. The predicted molar refractivity (Wildman–Crippen MR) is 160 cm³/mol. The molecule has 2 rings (SSSR count). The fourth-order valence-corrected chi connectivity index (χ4v) is 5.48. The van der Waals surface area contributed by atoms with Crippen LogP contribution in [0.4, 0.5) is 0 Å². The van der Waals surface area contributed by atoms with Crippen LogP contribution < -0.4 is 0 Å². The van der Waals surface area contributed by atoms with E-state index >= 15 is 0 Å². The van der Waals surface area contributed by atoms with Crippen molar-refractivity contribution in [3.8, 4) is 0 Å². The third-order valence-corrected chi connectivity index (χ3v) is 8.40. The summed E-state index contributed by atoms with van der Waals surface area (Å²) in [5.41, 5.74) is 8.79. The van der Waals surface area contributed by atoms with Crippen LogP contribution in [0.2, 0.25) is 0 Å². The zero-order valence-corrected chi connectivity index (χ0v) is 27.7. The van der Waals surface area contributed by atoms with E-state index < -0.39 is 0 Å². The van der Waals surface area contributed by atoms with E-state index in [0.717, 1.165) is 26.2 Å². The Labute approximate surface area is 242 Å². The molecule has 197 valence electrons. The third-order valence-electron chi connectivity index (χ3n) is 6.91. The van der Waals surface area contributed by atoms with Gasteiger partial charge in [-0.2, -0.15) is 22.3 Å². The first-order chi connectivity index (χ1) is 16.2. The molecule has 0 fully saturated rings. The zero-order chi connectivity index (χ0) is 27.4. The summed E-state index contributed by atoms with van der Waals surface area (Å²) in [4.78, 5) is 0. The van der Waals surface area contributed by atoms with Gasteiger partial charge in [-0.3, -0.25) is 12.2 Å². The average Bonchev–Trinajstić information content (AvgIpc) is 3.06. The molecule has 0 aromatic carbocycles. The summed E-state index contributed by atoms with van der Waals surface area (Å²) in [7, 11) is 0.100. The van der Waals surface area contributed by atoms with Crippen LogP contribution in [0.15, 0.2) is 84.1 Å². The normalized spacial score (nSPS) is 17.3. The van der Waals surface area contributed by atoms with Gasteiger partial charge in [0.1, 0.15) is 0 Å². The van der Waals surface area contributed by atoms with Gasteiger partial charge in [-0.25, -0.2) is 11.1 Å². The van der Waals surface area contributed by atoms with Crippen LogP contribution in [-0.2, 0) is 21.7 Å². The molecule has 2 aliphatic carbocycles. The summed E-state index contributed by atoms with van der Waals surface area (Å²) >= 11 is 0. The van der Waals surface area contributed by atoms with E-state index in [1.165, 1.54) is 33.4 Å². The van der Waals surface area contributed by atoms with Gasteiger partial charge in [-0.05, 0) is 0 Å². The maximum absolute atomic E-state index is 3.76. The summed E-state index contributed by atoms with van der Waals surface area (Å²) in [6.07, 6.45) is 14.6. The fourth-order valence-electron chi connectivity index (χ4n) is 4.04. The summed E-state index contributed by atoms with van der Waals surface area (Å²) in [6, 6.07) is 0. The van der Waals surface area contributed by atoms with Gasteiger partial charge in [0, 0.05) is 26.2 Å².